The lowest BCUT2D eigenvalue weighted by Gasteiger charge is -2.29. The maximum Gasteiger partial charge on any atom is 0.274 e. The van der Waals surface area contributed by atoms with Crippen LogP contribution >= 0.6 is 0 Å². The van der Waals surface area contributed by atoms with Crippen molar-refractivity contribution in [1.29, 1.82) is 5.26 Å². The SMILES string of the molecule is C[C@@H](Nc1ncc(C#N)c2c1cc(N1CCOCC1)c(=O)n2C)c1cccc(C(F)F)c1F. The van der Waals surface area contributed by atoms with E-state index in [-0.39, 0.29) is 16.7 Å². The summed E-state index contributed by atoms with van der Waals surface area (Å²) in [6.45, 7) is 3.68. The minimum atomic E-state index is -2.93. The number of nitrogens with zero attached hydrogens (tertiary/aromatic N) is 4. The van der Waals surface area contributed by atoms with Crippen LogP contribution in [0.3, 0.4) is 0 Å². The maximum absolute atomic E-state index is 14.7. The van der Waals surface area contributed by atoms with Crippen molar-refractivity contribution in [1.82, 2.24) is 9.55 Å². The van der Waals surface area contributed by atoms with Crippen LogP contribution in [0.25, 0.3) is 10.9 Å². The zero-order valence-corrected chi connectivity index (χ0v) is 18.1. The highest BCUT2D eigenvalue weighted by Crippen LogP contribution is 2.32. The highest BCUT2D eigenvalue weighted by Gasteiger charge is 2.23. The number of rotatable bonds is 5. The Hall–Kier alpha value is -3.58. The molecule has 33 heavy (non-hydrogen) atoms. The topological polar surface area (TPSA) is 83.2 Å². The van der Waals surface area contributed by atoms with Crippen LogP contribution in [0.4, 0.5) is 24.7 Å². The van der Waals surface area contributed by atoms with Gasteiger partial charge in [0.05, 0.1) is 35.9 Å². The van der Waals surface area contributed by atoms with E-state index in [1.54, 1.807) is 20.0 Å². The van der Waals surface area contributed by atoms with Crippen LogP contribution in [0.2, 0.25) is 0 Å². The lowest BCUT2D eigenvalue weighted by atomic mass is 10.0. The summed E-state index contributed by atoms with van der Waals surface area (Å²) in [7, 11) is 1.58. The summed E-state index contributed by atoms with van der Waals surface area (Å²) < 4.78 is 47.7. The maximum atomic E-state index is 14.7. The molecule has 1 aliphatic rings. The first-order chi connectivity index (χ1) is 15.8. The fourth-order valence-corrected chi connectivity index (χ4v) is 4.07. The summed E-state index contributed by atoms with van der Waals surface area (Å²) in [5.74, 6) is -0.671. The molecule has 0 amide bonds. The third-order valence-corrected chi connectivity index (χ3v) is 5.81. The summed E-state index contributed by atoms with van der Waals surface area (Å²) in [5.41, 5.74) is 0.155. The van der Waals surface area contributed by atoms with Gasteiger partial charge in [-0.25, -0.2) is 18.2 Å². The number of morpholine rings is 1. The van der Waals surface area contributed by atoms with Gasteiger partial charge >= 0.3 is 0 Å². The van der Waals surface area contributed by atoms with Crippen molar-refractivity contribution in [2.75, 3.05) is 36.5 Å². The van der Waals surface area contributed by atoms with Crippen molar-refractivity contribution in [3.05, 3.63) is 63.3 Å². The van der Waals surface area contributed by atoms with E-state index in [0.29, 0.717) is 48.7 Å². The minimum Gasteiger partial charge on any atom is -0.378 e. The van der Waals surface area contributed by atoms with Gasteiger partial charge in [0.2, 0.25) is 0 Å². The van der Waals surface area contributed by atoms with Gasteiger partial charge in [-0.05, 0) is 13.0 Å². The van der Waals surface area contributed by atoms with Gasteiger partial charge in [0.25, 0.3) is 12.0 Å². The first-order valence-corrected chi connectivity index (χ1v) is 10.4. The second-order valence-corrected chi connectivity index (χ2v) is 7.80. The Morgan fingerprint density at radius 1 is 1.24 bits per heavy atom. The van der Waals surface area contributed by atoms with Gasteiger partial charge in [0.1, 0.15) is 23.4 Å². The molecule has 2 aromatic heterocycles. The van der Waals surface area contributed by atoms with E-state index in [9.17, 15) is 23.2 Å². The highest BCUT2D eigenvalue weighted by atomic mass is 19.3. The molecule has 1 N–H and O–H groups in total. The highest BCUT2D eigenvalue weighted by molar-refractivity contribution is 5.95. The predicted molar refractivity (Wildman–Crippen MR) is 118 cm³/mol. The molecule has 1 atom stereocenters. The average molecular weight is 457 g/mol. The molecule has 0 radical (unpaired) electrons. The fraction of sp³-hybridized carbons (Fsp3) is 0.348. The molecule has 1 saturated heterocycles. The van der Waals surface area contributed by atoms with E-state index < -0.39 is 23.8 Å². The number of nitrogens with one attached hydrogen (secondary N) is 1. The van der Waals surface area contributed by atoms with Crippen LogP contribution in [-0.4, -0.2) is 35.9 Å². The Bertz CT molecular complexity index is 1300. The van der Waals surface area contributed by atoms with Crippen LogP contribution in [-0.2, 0) is 11.8 Å². The second-order valence-electron chi connectivity index (χ2n) is 7.80. The lowest BCUT2D eigenvalue weighted by Crippen LogP contribution is -2.40. The van der Waals surface area contributed by atoms with Crippen molar-refractivity contribution in [2.45, 2.75) is 19.4 Å². The Labute approximate surface area is 188 Å². The third-order valence-electron chi connectivity index (χ3n) is 5.81. The molecule has 1 aliphatic heterocycles. The molecule has 1 aromatic carbocycles. The number of aryl methyl sites for hydroxylation is 1. The van der Waals surface area contributed by atoms with Crippen molar-refractivity contribution in [3.63, 3.8) is 0 Å². The molecule has 10 heteroatoms. The van der Waals surface area contributed by atoms with Gasteiger partial charge < -0.3 is 19.5 Å². The third kappa shape index (κ3) is 4.12. The first-order valence-electron chi connectivity index (χ1n) is 10.4. The Morgan fingerprint density at radius 3 is 2.61 bits per heavy atom. The molecular formula is C23H22F3N5O2. The number of pyridine rings is 2. The summed E-state index contributed by atoms with van der Waals surface area (Å²) in [5, 5.41) is 13.1. The van der Waals surface area contributed by atoms with Gasteiger partial charge in [0.15, 0.2) is 0 Å². The molecular weight excluding hydrogens is 435 g/mol. The molecule has 7 nitrogen and oxygen atoms in total. The fourth-order valence-electron chi connectivity index (χ4n) is 4.07. The molecule has 3 heterocycles. The average Bonchev–Trinajstić information content (AvgIpc) is 2.81. The van der Waals surface area contributed by atoms with Crippen molar-refractivity contribution < 1.29 is 17.9 Å². The molecule has 0 aliphatic carbocycles. The Kier molecular flexibility index (Phi) is 6.24. The predicted octanol–water partition coefficient (Wildman–Crippen LogP) is 3.89. The Balaban J connectivity index is 1.83. The van der Waals surface area contributed by atoms with Crippen molar-refractivity contribution >= 4 is 22.4 Å². The number of aromatic nitrogens is 2. The van der Waals surface area contributed by atoms with Gasteiger partial charge in [-0.1, -0.05) is 18.2 Å². The molecule has 0 bridgehead atoms. The number of hydrogen-bond donors (Lipinski definition) is 1. The molecule has 3 aromatic rings. The number of anilines is 2. The summed E-state index contributed by atoms with van der Waals surface area (Å²) in [6.07, 6.45) is -1.60. The van der Waals surface area contributed by atoms with E-state index in [0.717, 1.165) is 6.07 Å². The lowest BCUT2D eigenvalue weighted by molar-refractivity contribution is 0.122. The minimum absolute atomic E-state index is 0.0605. The quantitative estimate of drug-likeness (QED) is 0.626. The van der Waals surface area contributed by atoms with E-state index in [4.69, 9.17) is 4.74 Å². The number of ether oxygens (including phenoxy) is 1. The van der Waals surface area contributed by atoms with Crippen molar-refractivity contribution in [2.24, 2.45) is 7.05 Å². The summed E-state index contributed by atoms with van der Waals surface area (Å²) in [6, 6.07) is 6.86. The van der Waals surface area contributed by atoms with Crippen molar-refractivity contribution in [3.8, 4) is 6.07 Å². The van der Waals surface area contributed by atoms with Gasteiger partial charge in [-0.2, -0.15) is 5.26 Å². The van der Waals surface area contributed by atoms with Crippen LogP contribution in [0.5, 0.6) is 0 Å². The van der Waals surface area contributed by atoms with E-state index in [1.807, 2.05) is 4.90 Å². The number of nitriles is 1. The number of hydrogen-bond acceptors (Lipinski definition) is 6. The van der Waals surface area contributed by atoms with Crippen LogP contribution in [0, 0.1) is 17.1 Å². The normalized spacial score (nSPS) is 15.0. The molecule has 4 rings (SSSR count). The van der Waals surface area contributed by atoms with Crippen LogP contribution < -0.4 is 15.8 Å². The van der Waals surface area contributed by atoms with E-state index in [2.05, 4.69) is 16.4 Å². The van der Waals surface area contributed by atoms with Gasteiger partial charge in [-0.3, -0.25) is 4.79 Å². The molecule has 172 valence electrons. The molecule has 0 unspecified atom stereocenters. The molecule has 0 spiro atoms. The zero-order valence-electron chi connectivity index (χ0n) is 18.1. The molecule has 1 fully saturated rings. The number of fused-ring (bicyclic) bond motifs is 1. The largest absolute Gasteiger partial charge is 0.378 e. The number of alkyl halides is 2. The smallest absolute Gasteiger partial charge is 0.274 e. The monoisotopic (exact) mass is 457 g/mol. The van der Waals surface area contributed by atoms with Gasteiger partial charge in [0, 0.05) is 37.3 Å². The van der Waals surface area contributed by atoms with E-state index >= 15 is 0 Å². The second kappa shape index (κ2) is 9.11. The summed E-state index contributed by atoms with van der Waals surface area (Å²) >= 11 is 0. The number of benzene rings is 1. The zero-order chi connectivity index (χ0) is 23.7. The van der Waals surface area contributed by atoms with Crippen LogP contribution in [0.1, 0.15) is 36.1 Å². The van der Waals surface area contributed by atoms with E-state index in [1.165, 1.54) is 22.9 Å². The summed E-state index contributed by atoms with van der Waals surface area (Å²) in [4.78, 5) is 19.3. The molecule has 0 saturated carbocycles. The Morgan fingerprint density at radius 2 is 1.94 bits per heavy atom. The standard InChI is InChI=1S/C23H22F3N5O2/c1-13(15-4-3-5-16(19(15)24)21(25)26)29-22-17-10-18(31-6-8-33-9-7-31)23(32)30(2)20(17)14(11-27)12-28-22/h3-5,10,12-13,21H,6-9H2,1-2H3,(H,28,29)/t13-/m1/s1. The first kappa shape index (κ1) is 22.6. The number of halogens is 3. The van der Waals surface area contributed by atoms with Crippen LogP contribution in [0.15, 0.2) is 35.3 Å². The van der Waals surface area contributed by atoms with Gasteiger partial charge in [-0.15, -0.1) is 0 Å².